The van der Waals surface area contributed by atoms with Crippen LogP contribution in [0.5, 0.6) is 0 Å². The summed E-state index contributed by atoms with van der Waals surface area (Å²) in [4.78, 5) is 8.94. The molecular weight excluding hydrogens is 438 g/mol. The number of H-pyrrole nitrogens is 1. The highest BCUT2D eigenvalue weighted by molar-refractivity contribution is 5.81. The number of hydrogen-bond acceptors (Lipinski definition) is 5. The average Bonchev–Trinajstić information content (AvgIpc) is 3.59. The Morgan fingerprint density at radius 3 is 2.56 bits per heavy atom. The molecule has 0 amide bonds. The summed E-state index contributed by atoms with van der Waals surface area (Å²) in [5.41, 5.74) is 3.67. The fraction of sp³-hybridized carbons (Fsp3) is 0.0400. The van der Waals surface area contributed by atoms with Crippen molar-refractivity contribution in [2.24, 2.45) is 0 Å². The second-order valence-corrected chi connectivity index (χ2v) is 7.72. The maximum atomic E-state index is 14.4. The van der Waals surface area contributed by atoms with Crippen LogP contribution >= 0.6 is 0 Å². The van der Waals surface area contributed by atoms with E-state index in [4.69, 9.17) is 4.52 Å². The Balaban J connectivity index is 1.40. The minimum Gasteiger partial charge on any atom is -0.339 e. The van der Waals surface area contributed by atoms with E-state index in [2.05, 4.69) is 25.3 Å². The largest absolute Gasteiger partial charge is 0.339 e. The second-order valence-electron chi connectivity index (χ2n) is 7.72. The third kappa shape index (κ3) is 3.43. The lowest BCUT2D eigenvalue weighted by Gasteiger charge is -2.07. The van der Waals surface area contributed by atoms with Gasteiger partial charge in [0.2, 0.25) is 11.7 Å². The van der Waals surface area contributed by atoms with Gasteiger partial charge in [-0.05, 0) is 29.8 Å². The summed E-state index contributed by atoms with van der Waals surface area (Å²) in [6.07, 6.45) is 5.51. The lowest BCUT2D eigenvalue weighted by atomic mass is 10.0. The van der Waals surface area contributed by atoms with Gasteiger partial charge in [-0.1, -0.05) is 41.6 Å². The zero-order chi connectivity index (χ0) is 23.1. The normalized spacial score (nSPS) is 11.4. The number of aromatic amines is 1. The Bertz CT molecular complexity index is 1600. The molecule has 1 N–H and O–H groups in total. The quantitative estimate of drug-likeness (QED) is 0.382. The van der Waals surface area contributed by atoms with Crippen molar-refractivity contribution in [2.75, 3.05) is 0 Å². The van der Waals surface area contributed by atoms with Gasteiger partial charge in [-0.15, -0.1) is 0 Å². The van der Waals surface area contributed by atoms with E-state index in [1.54, 1.807) is 22.9 Å². The van der Waals surface area contributed by atoms with Crippen LogP contribution in [0.1, 0.15) is 11.5 Å². The first-order valence-electron chi connectivity index (χ1n) is 10.5. The van der Waals surface area contributed by atoms with Crippen LogP contribution in [0.3, 0.4) is 0 Å². The molecule has 0 unspecified atom stereocenters. The number of imidazole rings is 1. The molecule has 6 aromatic rings. The van der Waals surface area contributed by atoms with E-state index < -0.39 is 11.6 Å². The standard InChI is InChI=1S/C25H16F2N6O/c26-18-7-4-8-19(27)23(18)24-17(12-29-31-24)16-9-10-21-28-13-20(33(21)14-16)25-30-22(34-32-25)11-15-5-2-1-3-6-15/h1-10,12-14H,11H2,(H,29,31). The molecule has 0 saturated carbocycles. The van der Waals surface area contributed by atoms with Crippen molar-refractivity contribution in [3.63, 3.8) is 0 Å². The van der Waals surface area contributed by atoms with Crippen molar-refractivity contribution in [3.05, 3.63) is 102 Å². The highest BCUT2D eigenvalue weighted by atomic mass is 19.1. The van der Waals surface area contributed by atoms with Gasteiger partial charge >= 0.3 is 0 Å². The number of fused-ring (bicyclic) bond motifs is 1. The molecule has 9 heteroatoms. The molecule has 0 fully saturated rings. The molecule has 6 rings (SSSR count). The van der Waals surface area contributed by atoms with E-state index in [0.717, 1.165) is 5.56 Å². The zero-order valence-electron chi connectivity index (χ0n) is 17.6. The fourth-order valence-corrected chi connectivity index (χ4v) is 3.94. The van der Waals surface area contributed by atoms with Crippen LogP contribution in [-0.2, 0) is 6.42 Å². The first-order valence-corrected chi connectivity index (χ1v) is 10.5. The minimum absolute atomic E-state index is 0.162. The summed E-state index contributed by atoms with van der Waals surface area (Å²) < 4.78 is 36.1. The number of hydrogen-bond donors (Lipinski definition) is 1. The smallest absolute Gasteiger partial charge is 0.231 e. The maximum absolute atomic E-state index is 14.4. The van der Waals surface area contributed by atoms with Crippen molar-refractivity contribution < 1.29 is 13.3 Å². The highest BCUT2D eigenvalue weighted by Gasteiger charge is 2.19. The van der Waals surface area contributed by atoms with Crippen LogP contribution in [0.15, 0.2) is 83.8 Å². The molecule has 2 aromatic carbocycles. The van der Waals surface area contributed by atoms with Crippen LogP contribution in [-0.4, -0.2) is 29.7 Å². The fourth-order valence-electron chi connectivity index (χ4n) is 3.94. The van der Waals surface area contributed by atoms with Crippen LogP contribution in [0.25, 0.3) is 39.5 Å². The number of benzene rings is 2. The first kappa shape index (κ1) is 20.0. The summed E-state index contributed by atoms with van der Waals surface area (Å²) in [6, 6.07) is 17.2. The van der Waals surface area contributed by atoms with Gasteiger partial charge in [0.15, 0.2) is 0 Å². The molecule has 34 heavy (non-hydrogen) atoms. The lowest BCUT2D eigenvalue weighted by molar-refractivity contribution is 0.385. The SMILES string of the molecule is Fc1cccc(F)c1-c1[nH]ncc1-c1ccc2ncc(-c3noc(Cc4ccccc4)n3)n2c1. The van der Waals surface area contributed by atoms with Crippen molar-refractivity contribution in [2.45, 2.75) is 6.42 Å². The van der Waals surface area contributed by atoms with Crippen LogP contribution < -0.4 is 0 Å². The van der Waals surface area contributed by atoms with Crippen LogP contribution in [0.4, 0.5) is 8.78 Å². The molecule has 0 atom stereocenters. The van der Waals surface area contributed by atoms with Gasteiger partial charge in [0, 0.05) is 17.3 Å². The summed E-state index contributed by atoms with van der Waals surface area (Å²) in [5, 5.41) is 10.9. The van der Waals surface area contributed by atoms with Gasteiger partial charge in [0.05, 0.1) is 30.1 Å². The Morgan fingerprint density at radius 1 is 0.912 bits per heavy atom. The molecule has 0 aliphatic rings. The summed E-state index contributed by atoms with van der Waals surface area (Å²) >= 11 is 0. The maximum Gasteiger partial charge on any atom is 0.231 e. The molecule has 0 radical (unpaired) electrons. The summed E-state index contributed by atoms with van der Waals surface area (Å²) in [6.45, 7) is 0. The monoisotopic (exact) mass is 454 g/mol. The van der Waals surface area contributed by atoms with E-state index in [9.17, 15) is 8.78 Å². The molecule has 0 bridgehead atoms. The highest BCUT2D eigenvalue weighted by Crippen LogP contribution is 2.34. The van der Waals surface area contributed by atoms with E-state index in [1.807, 2.05) is 36.4 Å². The number of aromatic nitrogens is 6. The van der Waals surface area contributed by atoms with Gasteiger partial charge in [-0.3, -0.25) is 9.50 Å². The van der Waals surface area contributed by atoms with Crippen LogP contribution in [0, 0.1) is 11.6 Å². The van der Waals surface area contributed by atoms with E-state index in [0.29, 0.717) is 40.6 Å². The van der Waals surface area contributed by atoms with E-state index >= 15 is 0 Å². The Hall–Kier alpha value is -4.66. The number of rotatable bonds is 5. The van der Waals surface area contributed by atoms with Crippen molar-refractivity contribution in [3.8, 4) is 33.9 Å². The topological polar surface area (TPSA) is 84.9 Å². The Labute approximate surface area is 191 Å². The molecule has 0 spiro atoms. The van der Waals surface area contributed by atoms with Crippen molar-refractivity contribution >= 4 is 5.65 Å². The predicted octanol–water partition coefficient (Wildman–Crippen LogP) is 5.31. The number of halogens is 2. The average molecular weight is 454 g/mol. The molecule has 7 nitrogen and oxygen atoms in total. The van der Waals surface area contributed by atoms with Gasteiger partial charge in [0.25, 0.3) is 0 Å². The molecule has 166 valence electrons. The predicted molar refractivity (Wildman–Crippen MR) is 121 cm³/mol. The Kier molecular flexibility index (Phi) is 4.72. The zero-order valence-corrected chi connectivity index (χ0v) is 17.6. The minimum atomic E-state index is -0.673. The third-order valence-corrected chi connectivity index (χ3v) is 5.56. The molecule has 0 saturated heterocycles. The molecule has 4 heterocycles. The van der Waals surface area contributed by atoms with Gasteiger partial charge in [-0.25, -0.2) is 13.8 Å². The number of pyridine rings is 1. The summed E-state index contributed by atoms with van der Waals surface area (Å²) in [5.74, 6) is -0.470. The second kappa shape index (κ2) is 8.04. The molecule has 0 aliphatic heterocycles. The molecule has 0 aliphatic carbocycles. The third-order valence-electron chi connectivity index (χ3n) is 5.56. The summed E-state index contributed by atoms with van der Waals surface area (Å²) in [7, 11) is 0. The number of nitrogens with zero attached hydrogens (tertiary/aromatic N) is 5. The van der Waals surface area contributed by atoms with Gasteiger partial charge in [0.1, 0.15) is 23.0 Å². The van der Waals surface area contributed by atoms with E-state index in [-0.39, 0.29) is 11.3 Å². The van der Waals surface area contributed by atoms with E-state index in [1.165, 1.54) is 24.4 Å². The van der Waals surface area contributed by atoms with Crippen LogP contribution in [0.2, 0.25) is 0 Å². The molecule has 4 aromatic heterocycles. The first-order chi connectivity index (χ1) is 16.7. The van der Waals surface area contributed by atoms with Gasteiger partial charge in [-0.2, -0.15) is 10.1 Å². The van der Waals surface area contributed by atoms with Gasteiger partial charge < -0.3 is 4.52 Å². The van der Waals surface area contributed by atoms with Crippen molar-refractivity contribution in [1.82, 2.24) is 29.7 Å². The lowest BCUT2D eigenvalue weighted by Crippen LogP contribution is -1.94. The Morgan fingerprint density at radius 2 is 1.74 bits per heavy atom. The number of nitrogens with one attached hydrogen (secondary N) is 1. The van der Waals surface area contributed by atoms with Crippen molar-refractivity contribution in [1.29, 1.82) is 0 Å². The molecular formula is C25H16F2N6O.